The number of amides is 1. The van der Waals surface area contributed by atoms with E-state index in [0.717, 1.165) is 25.2 Å². The molecule has 0 radical (unpaired) electrons. The summed E-state index contributed by atoms with van der Waals surface area (Å²) in [5.41, 5.74) is 12.3. The van der Waals surface area contributed by atoms with E-state index in [1.165, 1.54) is 36.0 Å². The zero-order valence-corrected chi connectivity index (χ0v) is 19.1. The molecule has 0 aromatic heterocycles. The molecule has 4 bridgehead atoms. The minimum absolute atomic E-state index is 0.247. The van der Waals surface area contributed by atoms with Crippen LogP contribution in [0.1, 0.15) is 80.1 Å². The number of carbonyl (C=O) groups excluding carboxylic acids is 1. The summed E-state index contributed by atoms with van der Waals surface area (Å²) in [5.74, 6) is 1.01. The fourth-order valence-electron chi connectivity index (χ4n) is 6.86. The van der Waals surface area contributed by atoms with E-state index >= 15 is 0 Å². The Kier molecular flexibility index (Phi) is 6.31. The molecule has 1 N–H and O–H groups in total. The standard InChI is InChI=1S/C13H21NO.C9H13.CH2.Ti/c1-11-3-9-4-12(2,6-11)8-13(5-9,7-11)10(14)15;1-6-5-7(2)9(4)8(6)3;;/h9H,3-8H2,1-2H3,(H2,14,15);6H,1-4H3;1H2;/q;-1;;+2/p-1. The van der Waals surface area contributed by atoms with Crippen LogP contribution in [0.5, 0.6) is 0 Å². The molecule has 5 rings (SSSR count). The third-order valence-corrected chi connectivity index (χ3v) is 7.34. The normalized spacial score (nSPS) is 42.5. The van der Waals surface area contributed by atoms with Crippen molar-refractivity contribution in [2.75, 3.05) is 0 Å². The Labute approximate surface area is 172 Å². The van der Waals surface area contributed by atoms with Crippen LogP contribution in [0.25, 0.3) is 5.73 Å². The molecule has 1 amide bonds. The van der Waals surface area contributed by atoms with Gasteiger partial charge < -0.3 is 10.5 Å². The van der Waals surface area contributed by atoms with Gasteiger partial charge in [-0.25, -0.2) is 5.57 Å². The number of hydrogen-bond donors (Lipinski definition) is 0. The van der Waals surface area contributed by atoms with Gasteiger partial charge in [-0.15, -0.1) is 6.92 Å². The van der Waals surface area contributed by atoms with E-state index in [1.807, 2.05) is 0 Å². The Morgan fingerprint density at radius 3 is 1.85 bits per heavy atom. The molecule has 5 aliphatic carbocycles. The molecular formula is C23H35NOTi. The monoisotopic (exact) mass is 389 g/mol. The first-order valence-electron chi connectivity index (χ1n) is 9.87. The third-order valence-electron chi connectivity index (χ3n) is 7.34. The van der Waals surface area contributed by atoms with Crippen molar-refractivity contribution in [3.8, 4) is 0 Å². The zero-order chi connectivity index (χ0) is 19.9. The number of nitrogens with one attached hydrogen (secondary N) is 1. The third kappa shape index (κ3) is 4.02. The van der Waals surface area contributed by atoms with E-state index in [0.29, 0.717) is 16.7 Å². The number of rotatable bonds is 1. The Bertz CT molecular complexity index is 629. The fraction of sp³-hybridized carbons (Fsp3) is 0.739. The van der Waals surface area contributed by atoms with Gasteiger partial charge in [-0.2, -0.15) is 11.1 Å². The molecule has 3 atom stereocenters. The van der Waals surface area contributed by atoms with E-state index in [9.17, 15) is 4.79 Å². The first kappa shape index (κ1) is 21.8. The van der Waals surface area contributed by atoms with Gasteiger partial charge in [0.05, 0.1) is 5.91 Å². The van der Waals surface area contributed by atoms with Gasteiger partial charge >= 0.3 is 24.8 Å². The maximum atomic E-state index is 11.6. The van der Waals surface area contributed by atoms with Crippen molar-refractivity contribution in [3.63, 3.8) is 0 Å². The van der Waals surface area contributed by atoms with Crippen LogP contribution in [0, 0.1) is 34.2 Å². The van der Waals surface area contributed by atoms with Crippen LogP contribution < -0.4 is 0 Å². The zero-order valence-electron chi connectivity index (χ0n) is 17.5. The van der Waals surface area contributed by atoms with E-state index in [-0.39, 0.29) is 11.3 Å². The summed E-state index contributed by atoms with van der Waals surface area (Å²) >= 11 is 1.75. The van der Waals surface area contributed by atoms with Crippen molar-refractivity contribution in [1.29, 1.82) is 0 Å². The van der Waals surface area contributed by atoms with Crippen molar-refractivity contribution in [2.24, 2.45) is 28.1 Å². The second kappa shape index (κ2) is 7.51. The Hall–Kier alpha value is -0.466. The number of carbonyl (C=O) groups is 1. The fourth-order valence-corrected chi connectivity index (χ4v) is 6.86. The van der Waals surface area contributed by atoms with Crippen LogP contribution in [-0.4, -0.2) is 10.7 Å². The first-order chi connectivity index (χ1) is 12.0. The molecular weight excluding hydrogens is 354 g/mol. The van der Waals surface area contributed by atoms with Crippen molar-refractivity contribution in [3.05, 3.63) is 28.5 Å². The molecule has 2 nitrogen and oxygen atoms in total. The molecule has 0 aromatic rings. The van der Waals surface area contributed by atoms with Crippen molar-refractivity contribution in [2.45, 2.75) is 80.1 Å². The van der Waals surface area contributed by atoms with Crippen molar-refractivity contribution < 1.29 is 24.8 Å². The Morgan fingerprint density at radius 1 is 1.08 bits per heavy atom. The van der Waals surface area contributed by atoms with Gasteiger partial charge in [0.1, 0.15) is 0 Å². The summed E-state index contributed by atoms with van der Waals surface area (Å²) in [7, 11) is 0. The Balaban J connectivity index is 0.000000190. The average Bonchev–Trinajstić information content (AvgIpc) is 2.72. The number of hydrogen-bond acceptors (Lipinski definition) is 1. The molecule has 0 heterocycles. The molecule has 142 valence electrons. The van der Waals surface area contributed by atoms with Crippen molar-refractivity contribution in [1.82, 2.24) is 0 Å². The van der Waals surface area contributed by atoms with E-state index < -0.39 is 0 Å². The summed E-state index contributed by atoms with van der Waals surface area (Å²) in [4.78, 5) is 14.9. The molecule has 26 heavy (non-hydrogen) atoms. The van der Waals surface area contributed by atoms with E-state index in [1.54, 1.807) is 20.0 Å². The van der Waals surface area contributed by atoms with Crippen LogP contribution in [0.4, 0.5) is 0 Å². The van der Waals surface area contributed by atoms with Crippen LogP contribution >= 0.6 is 0 Å². The second-order valence-electron chi connectivity index (χ2n) is 10.0. The summed E-state index contributed by atoms with van der Waals surface area (Å²) in [5, 5.41) is 0. The predicted octanol–water partition coefficient (Wildman–Crippen LogP) is 6.25. The minimum atomic E-state index is -0.274. The quantitative estimate of drug-likeness (QED) is 0.386. The van der Waals surface area contributed by atoms with Gasteiger partial charge in [0, 0.05) is 5.41 Å². The molecule has 0 aliphatic heterocycles. The van der Waals surface area contributed by atoms with E-state index in [2.05, 4.69) is 52.4 Å². The molecule has 5 aliphatic rings. The SMILES string of the molecule is CC12CC3CC(C)(C1)CC(C([NH-])=O)(C3)C2.CC1=[C-]C(C)C(C)=C1C.[CH2]=[Ti+2]. The van der Waals surface area contributed by atoms with Gasteiger partial charge in [0.25, 0.3) is 0 Å². The second-order valence-corrected chi connectivity index (χ2v) is 10.0. The molecule has 0 saturated heterocycles. The summed E-state index contributed by atoms with van der Waals surface area (Å²) in [6.45, 7) is 13.4. The van der Waals surface area contributed by atoms with Gasteiger partial charge in [0.15, 0.2) is 0 Å². The van der Waals surface area contributed by atoms with Crippen LogP contribution in [0.2, 0.25) is 0 Å². The van der Waals surface area contributed by atoms with Crippen LogP contribution in [0.3, 0.4) is 0 Å². The average molecular weight is 389 g/mol. The van der Waals surface area contributed by atoms with Crippen molar-refractivity contribution >= 4 is 10.7 Å². The predicted molar refractivity (Wildman–Crippen MR) is 106 cm³/mol. The molecule has 4 saturated carbocycles. The Morgan fingerprint density at radius 2 is 1.58 bits per heavy atom. The maximum absolute atomic E-state index is 11.6. The first-order valence-corrected chi connectivity index (χ1v) is 11.0. The van der Waals surface area contributed by atoms with Crippen LogP contribution in [-0.2, 0) is 24.8 Å². The van der Waals surface area contributed by atoms with Gasteiger partial charge in [-0.1, -0.05) is 40.5 Å². The molecule has 0 spiro atoms. The topological polar surface area (TPSA) is 40.9 Å². The van der Waals surface area contributed by atoms with E-state index in [4.69, 9.17) is 5.73 Å². The van der Waals surface area contributed by atoms with Gasteiger partial charge in [0.2, 0.25) is 0 Å². The van der Waals surface area contributed by atoms with Gasteiger partial charge in [-0.3, -0.25) is 6.08 Å². The molecule has 0 aromatic carbocycles. The molecule has 3 heteroatoms. The summed E-state index contributed by atoms with van der Waals surface area (Å²) in [6.07, 6.45) is 10.3. The number of allylic oxidation sites excluding steroid dienone is 4. The van der Waals surface area contributed by atoms with Crippen LogP contribution in [0.15, 0.2) is 16.7 Å². The summed E-state index contributed by atoms with van der Waals surface area (Å²) < 4.78 is 0. The molecule has 3 unspecified atom stereocenters. The molecule has 4 fully saturated rings. The van der Waals surface area contributed by atoms with Gasteiger partial charge in [-0.05, 0) is 55.3 Å². The summed E-state index contributed by atoms with van der Waals surface area (Å²) in [6, 6.07) is 0.